The summed E-state index contributed by atoms with van der Waals surface area (Å²) in [6.07, 6.45) is 5.89. The molecule has 6 heteroatoms. The van der Waals surface area contributed by atoms with Crippen molar-refractivity contribution in [3.05, 3.63) is 40.3 Å². The van der Waals surface area contributed by atoms with E-state index < -0.39 is 4.92 Å². The molecule has 0 saturated heterocycles. The maximum absolute atomic E-state index is 10.6. The zero-order chi connectivity index (χ0) is 13.9. The Hall–Kier alpha value is -2.24. The van der Waals surface area contributed by atoms with E-state index in [9.17, 15) is 10.1 Å². The van der Waals surface area contributed by atoms with Crippen LogP contribution in [0.15, 0.2) is 28.7 Å². The van der Waals surface area contributed by atoms with Gasteiger partial charge in [0, 0.05) is 23.6 Å². The van der Waals surface area contributed by atoms with Crippen LogP contribution >= 0.6 is 0 Å². The molecule has 1 fully saturated rings. The highest BCUT2D eigenvalue weighted by atomic mass is 16.6. The molecule has 3 rings (SSSR count). The number of hydrogen-bond acceptors (Lipinski definition) is 5. The van der Waals surface area contributed by atoms with Gasteiger partial charge < -0.3 is 4.42 Å². The molecule has 1 aromatic heterocycles. The van der Waals surface area contributed by atoms with E-state index in [4.69, 9.17) is 4.42 Å². The maximum Gasteiger partial charge on any atom is 0.269 e. The molecule has 2 aromatic rings. The van der Waals surface area contributed by atoms with Crippen LogP contribution in [-0.4, -0.2) is 15.1 Å². The fraction of sp³-hybridized carbons (Fsp3) is 0.429. The number of non-ortho nitro benzene ring substituents is 1. The van der Waals surface area contributed by atoms with E-state index in [-0.39, 0.29) is 5.69 Å². The first kappa shape index (κ1) is 12.8. The molecule has 0 N–H and O–H groups in total. The average Bonchev–Trinajstić information content (AvgIpc) is 2.98. The molecule has 1 heterocycles. The summed E-state index contributed by atoms with van der Waals surface area (Å²) in [5.41, 5.74) is 0.769. The van der Waals surface area contributed by atoms with Gasteiger partial charge in [0.05, 0.1) is 4.92 Å². The van der Waals surface area contributed by atoms with Crippen LogP contribution in [-0.2, 0) is 0 Å². The molecular weight excluding hydrogens is 258 g/mol. The van der Waals surface area contributed by atoms with Gasteiger partial charge in [-0.15, -0.1) is 10.2 Å². The summed E-state index contributed by atoms with van der Waals surface area (Å²) in [5, 5.41) is 18.8. The Labute approximate surface area is 116 Å². The van der Waals surface area contributed by atoms with Gasteiger partial charge in [-0.1, -0.05) is 19.3 Å². The second kappa shape index (κ2) is 5.40. The minimum Gasteiger partial charge on any atom is -0.420 e. The Morgan fingerprint density at radius 3 is 2.45 bits per heavy atom. The fourth-order valence-electron chi connectivity index (χ4n) is 2.59. The Morgan fingerprint density at radius 2 is 1.80 bits per heavy atom. The van der Waals surface area contributed by atoms with E-state index in [1.807, 2.05) is 0 Å². The maximum atomic E-state index is 10.6. The monoisotopic (exact) mass is 273 g/mol. The van der Waals surface area contributed by atoms with Crippen LogP contribution in [0.4, 0.5) is 5.69 Å². The lowest BCUT2D eigenvalue weighted by molar-refractivity contribution is -0.384. The third-order valence-electron chi connectivity index (χ3n) is 3.72. The third kappa shape index (κ3) is 2.54. The van der Waals surface area contributed by atoms with Gasteiger partial charge in [0.25, 0.3) is 5.69 Å². The van der Waals surface area contributed by atoms with Gasteiger partial charge in [0.15, 0.2) is 0 Å². The van der Waals surface area contributed by atoms with Gasteiger partial charge in [-0.3, -0.25) is 10.1 Å². The zero-order valence-corrected chi connectivity index (χ0v) is 11.0. The van der Waals surface area contributed by atoms with E-state index in [0.29, 0.717) is 23.3 Å². The molecule has 104 valence electrons. The van der Waals surface area contributed by atoms with E-state index in [2.05, 4.69) is 10.2 Å². The van der Waals surface area contributed by atoms with Crippen LogP contribution in [0.3, 0.4) is 0 Å². The van der Waals surface area contributed by atoms with Crippen molar-refractivity contribution in [1.82, 2.24) is 10.2 Å². The van der Waals surface area contributed by atoms with Crippen molar-refractivity contribution in [3.63, 3.8) is 0 Å². The lowest BCUT2D eigenvalue weighted by Crippen LogP contribution is -2.04. The molecule has 1 aliphatic carbocycles. The summed E-state index contributed by atoms with van der Waals surface area (Å²) in [4.78, 5) is 10.2. The molecular formula is C14H15N3O3. The first-order valence-corrected chi connectivity index (χ1v) is 6.82. The van der Waals surface area contributed by atoms with Crippen LogP contribution in [0.1, 0.15) is 43.9 Å². The first-order valence-electron chi connectivity index (χ1n) is 6.82. The molecule has 1 aliphatic rings. The smallest absolute Gasteiger partial charge is 0.269 e. The van der Waals surface area contributed by atoms with Gasteiger partial charge in [-0.2, -0.15) is 0 Å². The highest BCUT2D eigenvalue weighted by Gasteiger charge is 2.21. The lowest BCUT2D eigenvalue weighted by atomic mass is 9.89. The van der Waals surface area contributed by atoms with Crippen molar-refractivity contribution < 1.29 is 9.34 Å². The molecule has 1 saturated carbocycles. The molecule has 0 radical (unpaired) electrons. The molecule has 6 nitrogen and oxygen atoms in total. The number of aromatic nitrogens is 2. The predicted molar refractivity (Wildman–Crippen MR) is 72.2 cm³/mol. The van der Waals surface area contributed by atoms with Gasteiger partial charge in [0.2, 0.25) is 11.8 Å². The molecule has 0 spiro atoms. The zero-order valence-electron chi connectivity index (χ0n) is 11.0. The summed E-state index contributed by atoms with van der Waals surface area (Å²) in [6.45, 7) is 0. The minimum atomic E-state index is -0.426. The van der Waals surface area contributed by atoms with Crippen molar-refractivity contribution in [1.29, 1.82) is 0 Å². The number of nitrogens with zero attached hydrogens (tertiary/aromatic N) is 3. The summed E-state index contributed by atoms with van der Waals surface area (Å²) in [7, 11) is 0. The summed E-state index contributed by atoms with van der Waals surface area (Å²) < 4.78 is 5.72. The van der Waals surface area contributed by atoms with Crippen molar-refractivity contribution >= 4 is 5.69 Å². The van der Waals surface area contributed by atoms with E-state index in [1.54, 1.807) is 12.1 Å². The SMILES string of the molecule is O=[N+]([O-])c1ccc(-c2nnc(C3CCCCC3)o2)cc1. The van der Waals surface area contributed by atoms with Crippen LogP contribution < -0.4 is 0 Å². The van der Waals surface area contributed by atoms with Gasteiger partial charge >= 0.3 is 0 Å². The van der Waals surface area contributed by atoms with Crippen molar-refractivity contribution in [2.45, 2.75) is 38.0 Å². The molecule has 0 unspecified atom stereocenters. The van der Waals surface area contributed by atoms with Crippen LogP contribution in [0.25, 0.3) is 11.5 Å². The number of nitro groups is 1. The van der Waals surface area contributed by atoms with Crippen molar-refractivity contribution in [2.24, 2.45) is 0 Å². The standard InChI is InChI=1S/C14H15N3O3/c18-17(19)12-8-6-11(7-9-12)14-16-15-13(20-14)10-4-2-1-3-5-10/h6-10H,1-5H2. The largest absolute Gasteiger partial charge is 0.420 e. The molecule has 0 bridgehead atoms. The average molecular weight is 273 g/mol. The number of rotatable bonds is 3. The normalized spacial score (nSPS) is 16.2. The van der Waals surface area contributed by atoms with E-state index >= 15 is 0 Å². The predicted octanol–water partition coefficient (Wildman–Crippen LogP) is 3.69. The third-order valence-corrected chi connectivity index (χ3v) is 3.72. The Kier molecular flexibility index (Phi) is 3.45. The molecule has 0 amide bonds. The highest BCUT2D eigenvalue weighted by molar-refractivity contribution is 5.55. The fourth-order valence-corrected chi connectivity index (χ4v) is 2.59. The van der Waals surface area contributed by atoms with Crippen molar-refractivity contribution in [2.75, 3.05) is 0 Å². The molecule has 0 aliphatic heterocycles. The Bertz CT molecular complexity index is 600. The van der Waals surface area contributed by atoms with Crippen LogP contribution in [0, 0.1) is 10.1 Å². The summed E-state index contributed by atoms with van der Waals surface area (Å²) in [5.74, 6) is 1.49. The number of hydrogen-bond donors (Lipinski definition) is 0. The number of nitro benzene ring substituents is 1. The number of benzene rings is 1. The Balaban J connectivity index is 1.80. The summed E-state index contributed by atoms with van der Waals surface area (Å²) in [6, 6.07) is 6.16. The first-order chi connectivity index (χ1) is 9.74. The second-order valence-electron chi connectivity index (χ2n) is 5.08. The highest BCUT2D eigenvalue weighted by Crippen LogP contribution is 2.33. The minimum absolute atomic E-state index is 0.0563. The molecule has 1 aromatic carbocycles. The van der Waals surface area contributed by atoms with E-state index in [0.717, 1.165) is 12.8 Å². The van der Waals surface area contributed by atoms with Gasteiger partial charge in [-0.25, -0.2) is 0 Å². The second-order valence-corrected chi connectivity index (χ2v) is 5.08. The van der Waals surface area contributed by atoms with Crippen LogP contribution in [0.5, 0.6) is 0 Å². The Morgan fingerprint density at radius 1 is 1.10 bits per heavy atom. The van der Waals surface area contributed by atoms with Crippen molar-refractivity contribution in [3.8, 4) is 11.5 Å². The van der Waals surface area contributed by atoms with E-state index in [1.165, 1.54) is 31.4 Å². The molecule has 0 atom stereocenters. The topological polar surface area (TPSA) is 82.1 Å². The summed E-state index contributed by atoms with van der Waals surface area (Å²) >= 11 is 0. The van der Waals surface area contributed by atoms with Gasteiger partial charge in [-0.05, 0) is 25.0 Å². The van der Waals surface area contributed by atoms with Gasteiger partial charge in [0.1, 0.15) is 0 Å². The quantitative estimate of drug-likeness (QED) is 0.629. The van der Waals surface area contributed by atoms with Crippen LogP contribution in [0.2, 0.25) is 0 Å². The lowest BCUT2D eigenvalue weighted by Gasteiger charge is -2.17. The molecule has 20 heavy (non-hydrogen) atoms.